The van der Waals surface area contributed by atoms with E-state index in [0.717, 1.165) is 5.56 Å². The third-order valence-corrected chi connectivity index (χ3v) is 4.18. The van der Waals surface area contributed by atoms with Crippen molar-refractivity contribution in [2.75, 3.05) is 26.4 Å². The highest BCUT2D eigenvalue weighted by Gasteiger charge is 2.17. The van der Waals surface area contributed by atoms with Crippen molar-refractivity contribution >= 4 is 23.3 Å². The Balaban J connectivity index is 2.14. The summed E-state index contributed by atoms with van der Waals surface area (Å²) in [7, 11) is 0. The number of benzene rings is 1. The predicted molar refractivity (Wildman–Crippen MR) is 87.0 cm³/mol. The van der Waals surface area contributed by atoms with Crippen LogP contribution in [0.25, 0.3) is 10.6 Å². The van der Waals surface area contributed by atoms with Gasteiger partial charge in [-0.05, 0) is 19.1 Å². The van der Waals surface area contributed by atoms with E-state index in [2.05, 4.69) is 4.98 Å². The van der Waals surface area contributed by atoms with E-state index in [1.807, 2.05) is 0 Å². The molecular weight excluding hydrogens is 334 g/mol. The molecule has 0 amide bonds. The van der Waals surface area contributed by atoms with Crippen molar-refractivity contribution in [1.82, 2.24) is 4.98 Å². The van der Waals surface area contributed by atoms with Crippen LogP contribution < -0.4 is 0 Å². The Labute approximate surface area is 142 Å². The zero-order valence-corrected chi connectivity index (χ0v) is 13.8. The van der Waals surface area contributed by atoms with Gasteiger partial charge in [-0.1, -0.05) is 12.1 Å². The molecule has 128 valence electrons. The summed E-state index contributed by atoms with van der Waals surface area (Å²) in [6.07, 6.45) is 0. The maximum absolute atomic E-state index is 11.9. The Morgan fingerprint density at radius 1 is 1.04 bits per heavy atom. The number of carbonyl (C=O) groups excluding carboxylic acids is 2. The summed E-state index contributed by atoms with van der Waals surface area (Å²) in [5.41, 5.74) is 1.66. The van der Waals surface area contributed by atoms with Crippen LogP contribution in [-0.4, -0.2) is 53.6 Å². The molecule has 7 nitrogen and oxygen atoms in total. The molecule has 0 radical (unpaired) electrons. The van der Waals surface area contributed by atoms with Gasteiger partial charge < -0.3 is 19.7 Å². The van der Waals surface area contributed by atoms with Crippen molar-refractivity contribution in [3.05, 3.63) is 40.4 Å². The van der Waals surface area contributed by atoms with Gasteiger partial charge in [0.15, 0.2) is 0 Å². The molecule has 1 aromatic heterocycles. The monoisotopic (exact) mass is 351 g/mol. The largest absolute Gasteiger partial charge is 0.460 e. The molecule has 2 rings (SSSR count). The topological polar surface area (TPSA) is 106 Å². The van der Waals surface area contributed by atoms with Gasteiger partial charge in [0.1, 0.15) is 23.1 Å². The number of aryl methyl sites for hydroxylation is 1. The number of aromatic nitrogens is 1. The van der Waals surface area contributed by atoms with Crippen LogP contribution in [0.2, 0.25) is 0 Å². The second-order valence-electron chi connectivity index (χ2n) is 4.73. The molecule has 0 aliphatic carbocycles. The lowest BCUT2D eigenvalue weighted by atomic mass is 10.1. The van der Waals surface area contributed by atoms with Crippen molar-refractivity contribution in [2.24, 2.45) is 0 Å². The summed E-state index contributed by atoms with van der Waals surface area (Å²) < 4.78 is 9.73. The van der Waals surface area contributed by atoms with Gasteiger partial charge in [-0.25, -0.2) is 14.6 Å². The van der Waals surface area contributed by atoms with E-state index in [1.165, 1.54) is 11.3 Å². The Bertz CT molecular complexity index is 710. The van der Waals surface area contributed by atoms with Crippen LogP contribution in [0.4, 0.5) is 0 Å². The van der Waals surface area contributed by atoms with Gasteiger partial charge in [0.05, 0.1) is 24.5 Å². The molecule has 2 N–H and O–H groups in total. The summed E-state index contributed by atoms with van der Waals surface area (Å²) in [6, 6.07) is 6.60. The Kier molecular flexibility index (Phi) is 6.42. The molecule has 0 saturated heterocycles. The fourth-order valence-corrected chi connectivity index (χ4v) is 2.85. The SMILES string of the molecule is Cc1nc(-c2ccc(C(=O)OCCO)cc2)sc1C(=O)OCCO. The fraction of sp³-hybridized carbons (Fsp3) is 0.312. The van der Waals surface area contributed by atoms with Gasteiger partial charge in [-0.15, -0.1) is 11.3 Å². The van der Waals surface area contributed by atoms with E-state index in [9.17, 15) is 9.59 Å². The van der Waals surface area contributed by atoms with Gasteiger partial charge in [-0.3, -0.25) is 0 Å². The third kappa shape index (κ3) is 4.38. The molecule has 8 heteroatoms. The van der Waals surface area contributed by atoms with Crippen molar-refractivity contribution < 1.29 is 29.3 Å². The summed E-state index contributed by atoms with van der Waals surface area (Å²) in [4.78, 5) is 28.3. The Morgan fingerprint density at radius 3 is 2.21 bits per heavy atom. The predicted octanol–water partition coefficient (Wildman–Crippen LogP) is 1.42. The minimum absolute atomic E-state index is 0.0500. The molecule has 0 atom stereocenters. The van der Waals surface area contributed by atoms with E-state index < -0.39 is 11.9 Å². The van der Waals surface area contributed by atoms with Crippen LogP contribution in [0.1, 0.15) is 25.7 Å². The van der Waals surface area contributed by atoms with Crippen molar-refractivity contribution in [1.29, 1.82) is 0 Å². The number of aliphatic hydroxyl groups is 2. The van der Waals surface area contributed by atoms with E-state index in [4.69, 9.17) is 19.7 Å². The summed E-state index contributed by atoms with van der Waals surface area (Å²) in [5, 5.41) is 18.0. The average Bonchev–Trinajstić information content (AvgIpc) is 2.99. The van der Waals surface area contributed by atoms with Crippen LogP contribution in [-0.2, 0) is 9.47 Å². The molecular formula is C16H17NO6S. The standard InChI is InChI=1S/C16H17NO6S/c1-10-13(16(21)23-9-7-19)24-14(17-10)11-2-4-12(5-3-11)15(20)22-8-6-18/h2-5,18-19H,6-9H2,1H3. The second-order valence-corrected chi connectivity index (χ2v) is 5.73. The van der Waals surface area contributed by atoms with E-state index >= 15 is 0 Å². The lowest BCUT2D eigenvalue weighted by Gasteiger charge is -2.03. The number of nitrogens with zero attached hydrogens (tertiary/aromatic N) is 1. The molecule has 0 spiro atoms. The van der Waals surface area contributed by atoms with E-state index in [0.29, 0.717) is 21.1 Å². The lowest BCUT2D eigenvalue weighted by molar-refractivity contribution is 0.0428. The number of hydrogen-bond donors (Lipinski definition) is 2. The number of carbonyl (C=O) groups is 2. The summed E-state index contributed by atoms with van der Waals surface area (Å²) in [5.74, 6) is -1.03. The maximum atomic E-state index is 11.9. The first-order chi connectivity index (χ1) is 11.6. The maximum Gasteiger partial charge on any atom is 0.350 e. The Hall–Kier alpha value is -2.29. The molecule has 0 aliphatic heterocycles. The normalized spacial score (nSPS) is 10.5. The van der Waals surface area contributed by atoms with Crippen molar-refractivity contribution in [3.63, 3.8) is 0 Å². The number of ether oxygens (including phenoxy) is 2. The summed E-state index contributed by atoms with van der Waals surface area (Å²) in [6.45, 7) is 1.14. The van der Waals surface area contributed by atoms with Crippen LogP contribution in [0, 0.1) is 6.92 Å². The van der Waals surface area contributed by atoms with Gasteiger partial charge in [0, 0.05) is 5.56 Å². The number of hydrogen-bond acceptors (Lipinski definition) is 8. The van der Waals surface area contributed by atoms with Gasteiger partial charge in [0.25, 0.3) is 0 Å². The molecule has 2 aromatic rings. The van der Waals surface area contributed by atoms with E-state index in [1.54, 1.807) is 31.2 Å². The first kappa shape index (κ1) is 18.1. The van der Waals surface area contributed by atoms with Crippen LogP contribution in [0.3, 0.4) is 0 Å². The molecule has 24 heavy (non-hydrogen) atoms. The molecule has 0 unspecified atom stereocenters. The molecule has 1 aromatic carbocycles. The van der Waals surface area contributed by atoms with Crippen LogP contribution in [0.15, 0.2) is 24.3 Å². The minimum Gasteiger partial charge on any atom is -0.460 e. The molecule has 1 heterocycles. The fourth-order valence-electron chi connectivity index (χ4n) is 1.88. The van der Waals surface area contributed by atoms with Crippen LogP contribution >= 0.6 is 11.3 Å². The minimum atomic E-state index is -0.519. The summed E-state index contributed by atoms with van der Waals surface area (Å²) >= 11 is 1.18. The quantitative estimate of drug-likeness (QED) is 0.727. The van der Waals surface area contributed by atoms with E-state index in [-0.39, 0.29) is 26.4 Å². The first-order valence-electron chi connectivity index (χ1n) is 7.20. The molecule has 0 fully saturated rings. The molecule has 0 saturated carbocycles. The number of aliphatic hydroxyl groups excluding tert-OH is 2. The second kappa shape index (κ2) is 8.53. The third-order valence-electron chi connectivity index (χ3n) is 3.00. The number of thiazole rings is 1. The molecule has 0 bridgehead atoms. The number of rotatable bonds is 7. The average molecular weight is 351 g/mol. The van der Waals surface area contributed by atoms with Crippen molar-refractivity contribution in [2.45, 2.75) is 6.92 Å². The van der Waals surface area contributed by atoms with Gasteiger partial charge in [0.2, 0.25) is 0 Å². The highest BCUT2D eigenvalue weighted by molar-refractivity contribution is 7.17. The number of esters is 2. The Morgan fingerprint density at radius 2 is 1.62 bits per heavy atom. The first-order valence-corrected chi connectivity index (χ1v) is 8.02. The van der Waals surface area contributed by atoms with Gasteiger partial charge in [-0.2, -0.15) is 0 Å². The zero-order chi connectivity index (χ0) is 17.5. The lowest BCUT2D eigenvalue weighted by Crippen LogP contribution is -2.08. The van der Waals surface area contributed by atoms with Crippen LogP contribution in [0.5, 0.6) is 0 Å². The highest BCUT2D eigenvalue weighted by Crippen LogP contribution is 2.28. The smallest absolute Gasteiger partial charge is 0.350 e. The zero-order valence-electron chi connectivity index (χ0n) is 13.0. The highest BCUT2D eigenvalue weighted by atomic mass is 32.1. The molecule has 0 aliphatic rings. The van der Waals surface area contributed by atoms with Gasteiger partial charge >= 0.3 is 11.9 Å². The van der Waals surface area contributed by atoms with Crippen molar-refractivity contribution in [3.8, 4) is 10.6 Å².